The summed E-state index contributed by atoms with van der Waals surface area (Å²) in [6.07, 6.45) is 1.64. The second-order valence-corrected chi connectivity index (χ2v) is 7.29. The maximum Gasteiger partial charge on any atom is 0.138 e. The van der Waals surface area contributed by atoms with Gasteiger partial charge in [-0.25, -0.2) is 9.97 Å². The molecule has 0 aliphatic rings. The van der Waals surface area contributed by atoms with Crippen LogP contribution in [0.5, 0.6) is 0 Å². The van der Waals surface area contributed by atoms with Gasteiger partial charge in [0.2, 0.25) is 0 Å². The Morgan fingerprint density at radius 3 is 2.57 bits per heavy atom. The number of nitrogens with zero attached hydrogens (tertiary/aromatic N) is 3. The first kappa shape index (κ1) is 15.9. The Bertz CT molecular complexity index is 782. The minimum Gasteiger partial charge on any atom is -0.365 e. The van der Waals surface area contributed by atoms with Crippen molar-refractivity contribution >= 4 is 27.4 Å². The molecule has 0 radical (unpaired) electrons. The molecule has 5 heteroatoms. The lowest BCUT2D eigenvalue weighted by Gasteiger charge is -2.31. The first-order chi connectivity index (χ1) is 11.1. The average molecular weight is 326 g/mol. The molecule has 2 atom stereocenters. The topological polar surface area (TPSA) is 41.0 Å². The van der Waals surface area contributed by atoms with Crippen LogP contribution in [0.2, 0.25) is 0 Å². The molecule has 0 saturated heterocycles. The van der Waals surface area contributed by atoms with Crippen molar-refractivity contribution in [1.82, 2.24) is 14.9 Å². The summed E-state index contributed by atoms with van der Waals surface area (Å²) < 4.78 is 0. The maximum absolute atomic E-state index is 4.46. The van der Waals surface area contributed by atoms with Crippen molar-refractivity contribution in [2.24, 2.45) is 0 Å². The van der Waals surface area contributed by atoms with E-state index < -0.39 is 0 Å². The predicted molar refractivity (Wildman–Crippen MR) is 98.1 cm³/mol. The second kappa shape index (κ2) is 6.64. The average Bonchev–Trinajstić information content (AvgIpc) is 2.89. The summed E-state index contributed by atoms with van der Waals surface area (Å²) in [5.74, 6) is 0.912. The van der Waals surface area contributed by atoms with Crippen LogP contribution in [0.25, 0.3) is 10.2 Å². The number of aromatic nitrogens is 2. The molecule has 0 amide bonds. The molecular weight excluding hydrogens is 304 g/mol. The zero-order valence-corrected chi connectivity index (χ0v) is 14.8. The zero-order valence-electron chi connectivity index (χ0n) is 13.9. The second-order valence-electron chi connectivity index (χ2n) is 6.05. The van der Waals surface area contributed by atoms with E-state index in [1.54, 1.807) is 17.7 Å². The number of hydrogen-bond acceptors (Lipinski definition) is 5. The third-order valence-corrected chi connectivity index (χ3v) is 4.95. The van der Waals surface area contributed by atoms with Gasteiger partial charge in [0.15, 0.2) is 0 Å². The molecule has 1 N–H and O–H groups in total. The van der Waals surface area contributed by atoms with Gasteiger partial charge in [0, 0.05) is 10.9 Å². The first-order valence-corrected chi connectivity index (χ1v) is 8.57. The minimum atomic E-state index is 0.214. The number of hydrogen-bond donors (Lipinski definition) is 1. The molecule has 2 heterocycles. The van der Waals surface area contributed by atoms with E-state index in [4.69, 9.17) is 0 Å². The molecule has 120 valence electrons. The number of rotatable bonds is 5. The number of likely N-dealkylation sites (N-methyl/N-ethyl adjacent to an activating group) is 1. The van der Waals surface area contributed by atoms with Crippen molar-refractivity contribution < 1.29 is 0 Å². The third-order valence-electron chi connectivity index (χ3n) is 3.99. The predicted octanol–water partition coefficient (Wildman–Crippen LogP) is 4.10. The molecule has 0 unspecified atom stereocenters. The normalized spacial score (nSPS) is 14.1. The van der Waals surface area contributed by atoms with Gasteiger partial charge < -0.3 is 10.2 Å². The fourth-order valence-corrected chi connectivity index (χ4v) is 3.92. The fraction of sp³-hybridized carbons (Fsp3) is 0.333. The van der Waals surface area contributed by atoms with Gasteiger partial charge in [-0.2, -0.15) is 0 Å². The minimum absolute atomic E-state index is 0.214. The smallest absolute Gasteiger partial charge is 0.138 e. The van der Waals surface area contributed by atoms with Crippen LogP contribution in [0.3, 0.4) is 0 Å². The summed E-state index contributed by atoms with van der Waals surface area (Å²) in [6.45, 7) is 4.30. The van der Waals surface area contributed by atoms with Crippen LogP contribution in [0.4, 0.5) is 5.82 Å². The lowest BCUT2D eigenvalue weighted by Crippen LogP contribution is -2.34. The van der Waals surface area contributed by atoms with Gasteiger partial charge in [0.1, 0.15) is 17.0 Å². The number of nitrogens with one attached hydrogen (secondary N) is 1. The molecule has 3 aromatic rings. The van der Waals surface area contributed by atoms with Crippen molar-refractivity contribution in [1.29, 1.82) is 0 Å². The molecule has 1 aromatic carbocycles. The van der Waals surface area contributed by atoms with Crippen LogP contribution in [0.1, 0.15) is 23.4 Å². The summed E-state index contributed by atoms with van der Waals surface area (Å²) >= 11 is 1.70. The van der Waals surface area contributed by atoms with E-state index in [0.29, 0.717) is 0 Å². The van der Waals surface area contributed by atoms with Gasteiger partial charge in [0.25, 0.3) is 0 Å². The summed E-state index contributed by atoms with van der Waals surface area (Å²) in [5.41, 5.74) is 1.30. The zero-order chi connectivity index (χ0) is 16.4. The number of fused-ring (bicyclic) bond motifs is 1. The van der Waals surface area contributed by atoms with Gasteiger partial charge in [-0.3, -0.25) is 0 Å². The van der Waals surface area contributed by atoms with Crippen LogP contribution >= 0.6 is 11.3 Å². The number of aryl methyl sites for hydroxylation is 1. The van der Waals surface area contributed by atoms with Gasteiger partial charge in [-0.1, -0.05) is 30.3 Å². The lowest BCUT2D eigenvalue weighted by molar-refractivity contribution is 0.275. The Labute approximate surface area is 141 Å². The largest absolute Gasteiger partial charge is 0.365 e. The molecule has 3 rings (SSSR count). The Balaban J connectivity index is 1.90. The molecule has 0 fully saturated rings. The maximum atomic E-state index is 4.46. The van der Waals surface area contributed by atoms with Crippen molar-refractivity contribution in [3.05, 3.63) is 53.2 Å². The van der Waals surface area contributed by atoms with Crippen LogP contribution in [-0.4, -0.2) is 35.0 Å². The van der Waals surface area contributed by atoms with E-state index in [-0.39, 0.29) is 12.1 Å². The van der Waals surface area contributed by atoms with Gasteiger partial charge in [-0.05, 0) is 39.6 Å². The molecule has 0 saturated carbocycles. The highest BCUT2D eigenvalue weighted by Gasteiger charge is 2.22. The van der Waals surface area contributed by atoms with E-state index >= 15 is 0 Å². The monoisotopic (exact) mass is 326 g/mol. The summed E-state index contributed by atoms with van der Waals surface area (Å²) in [4.78, 5) is 13.4. The third kappa shape index (κ3) is 3.35. The molecule has 0 aliphatic heterocycles. The van der Waals surface area contributed by atoms with Crippen LogP contribution < -0.4 is 5.32 Å². The quantitative estimate of drug-likeness (QED) is 0.766. The van der Waals surface area contributed by atoms with Gasteiger partial charge >= 0.3 is 0 Å². The van der Waals surface area contributed by atoms with E-state index in [0.717, 1.165) is 16.0 Å². The number of thiophene rings is 1. The van der Waals surface area contributed by atoms with E-state index in [9.17, 15) is 0 Å². The lowest BCUT2D eigenvalue weighted by atomic mass is 9.99. The Hall–Kier alpha value is -1.98. The highest BCUT2D eigenvalue weighted by Crippen LogP contribution is 2.30. The molecular formula is C18H22N4S. The van der Waals surface area contributed by atoms with Crippen molar-refractivity contribution in [2.45, 2.75) is 25.9 Å². The van der Waals surface area contributed by atoms with Gasteiger partial charge in [-0.15, -0.1) is 11.3 Å². The summed E-state index contributed by atoms with van der Waals surface area (Å²) in [6, 6.07) is 13.2. The van der Waals surface area contributed by atoms with Crippen molar-refractivity contribution in [2.75, 3.05) is 19.4 Å². The highest BCUT2D eigenvalue weighted by atomic mass is 32.1. The molecule has 0 spiro atoms. The van der Waals surface area contributed by atoms with E-state index in [2.05, 4.69) is 84.5 Å². The van der Waals surface area contributed by atoms with Crippen molar-refractivity contribution in [3.8, 4) is 0 Å². The highest BCUT2D eigenvalue weighted by molar-refractivity contribution is 7.18. The SMILES string of the molecule is Cc1cc2c(N[C@@H](C)[C@@H](c3ccccc3)N(C)C)ncnc2s1. The fourth-order valence-electron chi connectivity index (χ4n) is 3.07. The molecule has 2 aromatic heterocycles. The van der Waals surface area contributed by atoms with Crippen LogP contribution in [-0.2, 0) is 0 Å². The van der Waals surface area contributed by atoms with E-state index in [1.165, 1.54) is 10.4 Å². The number of benzene rings is 1. The van der Waals surface area contributed by atoms with E-state index in [1.807, 2.05) is 0 Å². The molecule has 23 heavy (non-hydrogen) atoms. The molecule has 0 bridgehead atoms. The van der Waals surface area contributed by atoms with Crippen molar-refractivity contribution in [3.63, 3.8) is 0 Å². The Morgan fingerprint density at radius 1 is 1.13 bits per heavy atom. The number of anilines is 1. The van der Waals surface area contributed by atoms with Crippen LogP contribution in [0, 0.1) is 6.92 Å². The molecule has 0 aliphatic carbocycles. The Kier molecular flexibility index (Phi) is 4.59. The Morgan fingerprint density at radius 2 is 1.87 bits per heavy atom. The standard InChI is InChI=1S/C18H22N4S/c1-12-10-15-17(19-11-20-18(15)23-12)21-13(2)16(22(3)4)14-8-6-5-7-9-14/h5-11,13,16H,1-4H3,(H,19,20,21)/t13-,16-/m0/s1. The first-order valence-electron chi connectivity index (χ1n) is 7.75. The van der Waals surface area contributed by atoms with Crippen LogP contribution in [0.15, 0.2) is 42.7 Å². The molecule has 4 nitrogen and oxygen atoms in total. The summed E-state index contributed by atoms with van der Waals surface area (Å²) in [7, 11) is 4.22. The van der Waals surface area contributed by atoms with Gasteiger partial charge in [0.05, 0.1) is 11.4 Å². The summed E-state index contributed by atoms with van der Waals surface area (Å²) in [5, 5.41) is 4.70.